The quantitative estimate of drug-likeness (QED) is 0.643. The summed E-state index contributed by atoms with van der Waals surface area (Å²) in [6.07, 6.45) is 6.07. The van der Waals surface area contributed by atoms with Crippen LogP contribution in [0.15, 0.2) is 0 Å². The van der Waals surface area contributed by atoms with Crippen molar-refractivity contribution in [2.24, 2.45) is 11.7 Å². The molecule has 1 saturated carbocycles. The van der Waals surface area contributed by atoms with Gasteiger partial charge in [-0.05, 0) is 45.2 Å². The Morgan fingerprint density at radius 2 is 1.86 bits per heavy atom. The van der Waals surface area contributed by atoms with E-state index in [1.807, 2.05) is 4.90 Å². The highest BCUT2D eigenvalue weighted by Gasteiger charge is 2.31. The minimum absolute atomic E-state index is 0.0207. The maximum Gasteiger partial charge on any atom is 0.231 e. The van der Waals surface area contributed by atoms with Gasteiger partial charge in [-0.2, -0.15) is 0 Å². The van der Waals surface area contributed by atoms with Gasteiger partial charge in [-0.3, -0.25) is 14.5 Å². The molecule has 0 radical (unpaired) electrons. The Morgan fingerprint density at radius 3 is 2.43 bits per heavy atom. The molecule has 0 aromatic heterocycles. The Labute approximate surface area is 126 Å². The summed E-state index contributed by atoms with van der Waals surface area (Å²) in [5.41, 5.74) is 4.61. The summed E-state index contributed by atoms with van der Waals surface area (Å²) in [7, 11) is 0. The maximum absolute atomic E-state index is 12.1. The zero-order valence-corrected chi connectivity index (χ0v) is 12.6. The van der Waals surface area contributed by atoms with Crippen molar-refractivity contribution in [3.05, 3.63) is 0 Å². The number of primary amides is 1. The lowest BCUT2D eigenvalue weighted by molar-refractivity contribution is -0.126. The monoisotopic (exact) mass is 297 g/mol. The molecule has 2 rings (SSSR count). The van der Waals surface area contributed by atoms with Gasteiger partial charge in [0, 0.05) is 12.5 Å². The fourth-order valence-corrected chi connectivity index (χ4v) is 3.42. The number of hydrogen-bond acceptors (Lipinski definition) is 4. The van der Waals surface area contributed by atoms with Crippen LogP contribution < -0.4 is 11.1 Å². The van der Waals surface area contributed by atoms with E-state index in [1.54, 1.807) is 0 Å². The Hall–Kier alpha value is -1.14. The number of rotatable bonds is 6. The predicted molar refractivity (Wildman–Crippen MR) is 79.4 cm³/mol. The Bertz CT molecular complexity index is 372. The summed E-state index contributed by atoms with van der Waals surface area (Å²) in [4.78, 5) is 25.0. The molecule has 0 aromatic rings. The van der Waals surface area contributed by atoms with E-state index in [2.05, 4.69) is 5.32 Å². The van der Waals surface area contributed by atoms with Crippen LogP contribution in [-0.2, 0) is 9.59 Å². The van der Waals surface area contributed by atoms with Gasteiger partial charge in [0.05, 0.1) is 12.1 Å². The van der Waals surface area contributed by atoms with E-state index in [9.17, 15) is 14.7 Å². The van der Waals surface area contributed by atoms with E-state index < -0.39 is 5.60 Å². The molecule has 1 aliphatic carbocycles. The van der Waals surface area contributed by atoms with Gasteiger partial charge in [0.2, 0.25) is 11.8 Å². The highest BCUT2D eigenvalue weighted by atomic mass is 16.3. The maximum atomic E-state index is 12.1. The van der Waals surface area contributed by atoms with E-state index in [4.69, 9.17) is 5.73 Å². The molecule has 1 saturated heterocycles. The third-order valence-electron chi connectivity index (χ3n) is 4.76. The Balaban J connectivity index is 1.64. The number of carbonyl (C=O) groups is 2. The van der Waals surface area contributed by atoms with Crippen LogP contribution in [-0.4, -0.2) is 53.6 Å². The van der Waals surface area contributed by atoms with Gasteiger partial charge in [-0.25, -0.2) is 0 Å². The van der Waals surface area contributed by atoms with Crippen molar-refractivity contribution < 1.29 is 14.7 Å². The molecule has 0 aromatic carbocycles. The molecular formula is C15H27N3O3. The number of nitrogens with two attached hydrogens (primary N) is 1. The highest BCUT2D eigenvalue weighted by molar-refractivity contribution is 5.79. The molecule has 2 fully saturated rings. The van der Waals surface area contributed by atoms with Crippen molar-refractivity contribution in [3.8, 4) is 0 Å². The second kappa shape index (κ2) is 7.22. The van der Waals surface area contributed by atoms with E-state index in [1.165, 1.54) is 0 Å². The van der Waals surface area contributed by atoms with Crippen molar-refractivity contribution in [3.63, 3.8) is 0 Å². The average Bonchev–Trinajstić information content (AvgIpc) is 2.86. The van der Waals surface area contributed by atoms with Gasteiger partial charge in [0.1, 0.15) is 0 Å². The number of aliphatic hydroxyl groups is 1. The molecule has 0 bridgehead atoms. The number of nitrogens with one attached hydrogen (secondary N) is 1. The smallest absolute Gasteiger partial charge is 0.231 e. The van der Waals surface area contributed by atoms with Gasteiger partial charge < -0.3 is 16.2 Å². The van der Waals surface area contributed by atoms with E-state index in [0.717, 1.165) is 51.6 Å². The summed E-state index contributed by atoms with van der Waals surface area (Å²) in [5.74, 6) is -0.217. The number of carbonyl (C=O) groups excluding carboxylic acids is 2. The lowest BCUT2D eigenvalue weighted by Crippen LogP contribution is -2.44. The fraction of sp³-hybridized carbons (Fsp3) is 0.867. The Morgan fingerprint density at radius 1 is 1.24 bits per heavy atom. The van der Waals surface area contributed by atoms with Crippen molar-refractivity contribution in [1.82, 2.24) is 10.2 Å². The van der Waals surface area contributed by atoms with Crippen molar-refractivity contribution in [1.29, 1.82) is 0 Å². The molecule has 6 heteroatoms. The summed E-state index contributed by atoms with van der Waals surface area (Å²) in [5, 5.41) is 13.2. The molecule has 4 N–H and O–H groups in total. The van der Waals surface area contributed by atoms with Crippen LogP contribution in [0.2, 0.25) is 0 Å². The fourth-order valence-electron chi connectivity index (χ4n) is 3.42. The number of amides is 2. The summed E-state index contributed by atoms with van der Waals surface area (Å²) >= 11 is 0. The normalized spacial score (nSPS) is 23.1. The van der Waals surface area contributed by atoms with E-state index >= 15 is 0 Å². The van der Waals surface area contributed by atoms with Crippen LogP contribution in [0.5, 0.6) is 0 Å². The minimum Gasteiger partial charge on any atom is -0.390 e. The molecular weight excluding hydrogens is 270 g/mol. The number of piperidine rings is 1. The molecule has 0 atom stereocenters. The summed E-state index contributed by atoms with van der Waals surface area (Å²) < 4.78 is 0. The lowest BCUT2D eigenvalue weighted by Gasteiger charge is -2.30. The average molecular weight is 297 g/mol. The number of nitrogens with zero attached hydrogens (tertiary/aromatic N) is 1. The zero-order valence-electron chi connectivity index (χ0n) is 12.6. The van der Waals surface area contributed by atoms with Gasteiger partial charge >= 0.3 is 0 Å². The first kappa shape index (κ1) is 16.2. The van der Waals surface area contributed by atoms with Crippen LogP contribution in [0.3, 0.4) is 0 Å². The van der Waals surface area contributed by atoms with Crippen LogP contribution in [0, 0.1) is 5.92 Å². The molecule has 21 heavy (non-hydrogen) atoms. The van der Waals surface area contributed by atoms with Gasteiger partial charge in [0.15, 0.2) is 0 Å². The van der Waals surface area contributed by atoms with E-state index in [0.29, 0.717) is 13.0 Å². The zero-order chi connectivity index (χ0) is 15.3. The van der Waals surface area contributed by atoms with Crippen molar-refractivity contribution in [2.45, 2.75) is 50.5 Å². The second-order valence-electron chi connectivity index (χ2n) is 6.49. The summed E-state index contributed by atoms with van der Waals surface area (Å²) in [6.45, 7) is 2.31. The van der Waals surface area contributed by atoms with E-state index in [-0.39, 0.29) is 24.3 Å². The highest BCUT2D eigenvalue weighted by Crippen LogP contribution is 2.31. The lowest BCUT2D eigenvalue weighted by atomic mass is 9.95. The molecule has 6 nitrogen and oxygen atoms in total. The summed E-state index contributed by atoms with van der Waals surface area (Å²) in [6, 6.07) is 0. The molecule has 2 aliphatic rings. The third-order valence-corrected chi connectivity index (χ3v) is 4.76. The molecule has 0 unspecified atom stereocenters. The first-order valence-corrected chi connectivity index (χ1v) is 7.99. The minimum atomic E-state index is -0.557. The van der Waals surface area contributed by atoms with Gasteiger partial charge in [-0.1, -0.05) is 12.8 Å². The van der Waals surface area contributed by atoms with Gasteiger partial charge in [0.25, 0.3) is 0 Å². The standard InChI is InChI=1S/C15H27N3O3/c16-13(19)11-18-9-3-12(4-10-18)14(20)17-8-7-15(21)5-1-2-6-15/h12,21H,1-11H2,(H2,16,19)(H,17,20). The molecule has 120 valence electrons. The molecule has 2 amide bonds. The van der Waals surface area contributed by atoms with Crippen LogP contribution >= 0.6 is 0 Å². The topological polar surface area (TPSA) is 95.7 Å². The SMILES string of the molecule is NC(=O)CN1CCC(C(=O)NCCC2(O)CCCC2)CC1. The molecule has 1 aliphatic heterocycles. The third kappa shape index (κ3) is 4.97. The van der Waals surface area contributed by atoms with Gasteiger partial charge in [-0.15, -0.1) is 0 Å². The largest absolute Gasteiger partial charge is 0.390 e. The van der Waals surface area contributed by atoms with Crippen LogP contribution in [0.4, 0.5) is 0 Å². The van der Waals surface area contributed by atoms with Crippen LogP contribution in [0.1, 0.15) is 44.9 Å². The van der Waals surface area contributed by atoms with Crippen LogP contribution in [0.25, 0.3) is 0 Å². The number of likely N-dealkylation sites (tertiary alicyclic amines) is 1. The predicted octanol–water partition coefficient (Wildman–Crippen LogP) is -0.00490. The first-order chi connectivity index (χ1) is 9.98. The first-order valence-electron chi connectivity index (χ1n) is 7.99. The molecule has 1 heterocycles. The molecule has 0 spiro atoms. The van der Waals surface area contributed by atoms with Crippen molar-refractivity contribution >= 4 is 11.8 Å². The Kier molecular flexibility index (Phi) is 5.58. The number of hydrogen-bond donors (Lipinski definition) is 3. The second-order valence-corrected chi connectivity index (χ2v) is 6.49. The van der Waals surface area contributed by atoms with Crippen molar-refractivity contribution in [2.75, 3.05) is 26.2 Å².